The number of benzene rings is 2. The summed E-state index contributed by atoms with van der Waals surface area (Å²) in [6.07, 6.45) is 0. The zero-order valence-electron chi connectivity index (χ0n) is 16.3. The summed E-state index contributed by atoms with van der Waals surface area (Å²) in [4.78, 5) is 24.4. The Morgan fingerprint density at radius 3 is 2.00 bits per heavy atom. The molecule has 0 saturated carbocycles. The van der Waals surface area contributed by atoms with Gasteiger partial charge in [-0.25, -0.2) is 8.42 Å². The van der Waals surface area contributed by atoms with E-state index >= 15 is 0 Å². The molecule has 156 valence electrons. The van der Waals surface area contributed by atoms with E-state index in [1.165, 1.54) is 22.5 Å². The first kappa shape index (κ1) is 22.9. The zero-order valence-corrected chi connectivity index (χ0v) is 17.9. The van der Waals surface area contributed by atoms with Crippen LogP contribution in [0.3, 0.4) is 0 Å². The Morgan fingerprint density at radius 2 is 1.45 bits per heavy atom. The lowest BCUT2D eigenvalue weighted by atomic mass is 10.2. The highest BCUT2D eigenvalue weighted by molar-refractivity contribution is 7.89. The van der Waals surface area contributed by atoms with Crippen LogP contribution in [-0.4, -0.2) is 50.7 Å². The van der Waals surface area contributed by atoms with E-state index in [1.54, 1.807) is 44.2 Å². The van der Waals surface area contributed by atoms with E-state index in [0.29, 0.717) is 23.7 Å². The summed E-state index contributed by atoms with van der Waals surface area (Å²) < 4.78 is 26.5. The van der Waals surface area contributed by atoms with Crippen LogP contribution >= 0.6 is 11.6 Å². The van der Waals surface area contributed by atoms with Crippen LogP contribution in [0.1, 0.15) is 34.6 Å². The molecule has 0 bridgehead atoms. The fourth-order valence-electron chi connectivity index (χ4n) is 2.67. The Balaban J connectivity index is 1.93. The molecule has 2 aromatic carbocycles. The van der Waals surface area contributed by atoms with Gasteiger partial charge in [-0.3, -0.25) is 9.59 Å². The number of nitrogens with one attached hydrogen (secondary N) is 2. The Kier molecular flexibility index (Phi) is 8.19. The quantitative estimate of drug-likeness (QED) is 0.589. The van der Waals surface area contributed by atoms with Crippen LogP contribution in [-0.2, 0) is 10.0 Å². The molecular formula is C20H24ClN3O4S. The number of carbonyl (C=O) groups excluding carboxylic acids is 2. The number of rotatable bonds is 9. The third-order valence-corrected chi connectivity index (χ3v) is 6.54. The first-order chi connectivity index (χ1) is 13.8. The molecule has 29 heavy (non-hydrogen) atoms. The highest BCUT2D eigenvalue weighted by atomic mass is 35.5. The minimum Gasteiger partial charge on any atom is -0.350 e. The molecule has 0 aliphatic heterocycles. The molecule has 7 nitrogen and oxygen atoms in total. The summed E-state index contributed by atoms with van der Waals surface area (Å²) in [6, 6.07) is 12.4. The number of nitrogens with zero attached hydrogens (tertiary/aromatic N) is 1. The van der Waals surface area contributed by atoms with Gasteiger partial charge in [0.2, 0.25) is 10.0 Å². The van der Waals surface area contributed by atoms with Crippen LogP contribution in [0.5, 0.6) is 0 Å². The van der Waals surface area contributed by atoms with Crippen molar-refractivity contribution in [3.05, 3.63) is 64.7 Å². The van der Waals surface area contributed by atoms with Gasteiger partial charge >= 0.3 is 0 Å². The SMILES string of the molecule is CCN(CC)S(=O)(=O)c1cccc(C(=O)NCCNC(=O)c2ccc(Cl)cc2)c1. The Labute approximate surface area is 176 Å². The molecule has 0 spiro atoms. The van der Waals surface area contributed by atoms with Gasteiger partial charge in [0.05, 0.1) is 4.90 Å². The third-order valence-electron chi connectivity index (χ3n) is 4.24. The molecule has 0 atom stereocenters. The summed E-state index contributed by atoms with van der Waals surface area (Å²) >= 11 is 5.79. The summed E-state index contributed by atoms with van der Waals surface area (Å²) in [7, 11) is -3.64. The lowest BCUT2D eigenvalue weighted by Gasteiger charge is -2.18. The van der Waals surface area contributed by atoms with Crippen LogP contribution < -0.4 is 10.6 Å². The van der Waals surface area contributed by atoms with Gasteiger partial charge < -0.3 is 10.6 Å². The maximum Gasteiger partial charge on any atom is 0.251 e. The van der Waals surface area contributed by atoms with Gasteiger partial charge in [-0.2, -0.15) is 4.31 Å². The van der Waals surface area contributed by atoms with Gasteiger partial charge in [-0.1, -0.05) is 31.5 Å². The second kappa shape index (κ2) is 10.4. The summed E-state index contributed by atoms with van der Waals surface area (Å²) in [5, 5.41) is 5.90. The number of amides is 2. The largest absolute Gasteiger partial charge is 0.350 e. The standard InChI is InChI=1S/C20H24ClN3O4S/c1-3-24(4-2)29(27,28)18-7-5-6-16(14-18)20(26)23-13-12-22-19(25)15-8-10-17(21)11-9-15/h5-11,14H,3-4,12-13H2,1-2H3,(H,22,25)(H,23,26). The van der Waals surface area contributed by atoms with E-state index in [0.717, 1.165) is 0 Å². The molecule has 0 saturated heterocycles. The smallest absolute Gasteiger partial charge is 0.251 e. The predicted molar refractivity (Wildman–Crippen MR) is 113 cm³/mol. The number of hydrogen-bond donors (Lipinski definition) is 2. The molecule has 0 fully saturated rings. The highest BCUT2D eigenvalue weighted by Crippen LogP contribution is 2.17. The van der Waals surface area contributed by atoms with E-state index in [9.17, 15) is 18.0 Å². The van der Waals surface area contributed by atoms with E-state index in [1.807, 2.05) is 0 Å². The van der Waals surface area contributed by atoms with Crippen molar-refractivity contribution >= 4 is 33.4 Å². The molecule has 0 aliphatic rings. The topological polar surface area (TPSA) is 95.6 Å². The molecule has 0 aliphatic carbocycles. The molecule has 2 amide bonds. The van der Waals surface area contributed by atoms with Gasteiger partial charge in [0, 0.05) is 42.3 Å². The monoisotopic (exact) mass is 437 g/mol. The summed E-state index contributed by atoms with van der Waals surface area (Å²) in [5.74, 6) is -0.689. The van der Waals surface area contributed by atoms with Crippen molar-refractivity contribution in [2.24, 2.45) is 0 Å². The van der Waals surface area contributed by atoms with Gasteiger partial charge in [0.1, 0.15) is 0 Å². The van der Waals surface area contributed by atoms with Crippen molar-refractivity contribution in [3.63, 3.8) is 0 Å². The average molecular weight is 438 g/mol. The van der Waals surface area contributed by atoms with Crippen LogP contribution in [0.4, 0.5) is 0 Å². The molecule has 2 rings (SSSR count). The Hall–Kier alpha value is -2.42. The maximum atomic E-state index is 12.6. The van der Waals surface area contributed by atoms with Crippen molar-refractivity contribution in [1.82, 2.24) is 14.9 Å². The normalized spacial score (nSPS) is 11.3. The zero-order chi connectivity index (χ0) is 21.4. The number of sulfonamides is 1. The second-order valence-electron chi connectivity index (χ2n) is 6.14. The first-order valence-corrected chi connectivity index (χ1v) is 11.0. The van der Waals surface area contributed by atoms with Gasteiger partial charge in [-0.15, -0.1) is 0 Å². The molecular weight excluding hydrogens is 414 g/mol. The lowest BCUT2D eigenvalue weighted by molar-refractivity contribution is 0.0927. The number of hydrogen-bond acceptors (Lipinski definition) is 4. The highest BCUT2D eigenvalue weighted by Gasteiger charge is 2.22. The summed E-state index contributed by atoms with van der Waals surface area (Å²) in [5.41, 5.74) is 0.706. The van der Waals surface area contributed by atoms with E-state index in [-0.39, 0.29) is 29.5 Å². The molecule has 0 heterocycles. The first-order valence-electron chi connectivity index (χ1n) is 9.21. The van der Waals surface area contributed by atoms with Crippen LogP contribution in [0.25, 0.3) is 0 Å². The van der Waals surface area contributed by atoms with Crippen molar-refractivity contribution in [2.45, 2.75) is 18.7 Å². The maximum absolute atomic E-state index is 12.6. The minimum atomic E-state index is -3.64. The molecule has 0 aromatic heterocycles. The summed E-state index contributed by atoms with van der Waals surface area (Å²) in [6.45, 7) is 4.65. The minimum absolute atomic E-state index is 0.0740. The van der Waals surface area contributed by atoms with E-state index < -0.39 is 15.9 Å². The van der Waals surface area contributed by atoms with Crippen molar-refractivity contribution < 1.29 is 18.0 Å². The number of carbonyl (C=O) groups is 2. The third kappa shape index (κ3) is 6.03. The molecule has 9 heteroatoms. The van der Waals surface area contributed by atoms with Gasteiger partial charge in [0.15, 0.2) is 0 Å². The predicted octanol–water partition coefficient (Wildman–Crippen LogP) is 2.53. The Bertz CT molecular complexity index is 958. The Morgan fingerprint density at radius 1 is 0.897 bits per heavy atom. The van der Waals surface area contributed by atoms with Gasteiger partial charge in [0.25, 0.3) is 11.8 Å². The molecule has 0 unspecified atom stereocenters. The molecule has 0 radical (unpaired) electrons. The van der Waals surface area contributed by atoms with Crippen molar-refractivity contribution in [2.75, 3.05) is 26.2 Å². The average Bonchev–Trinajstić information content (AvgIpc) is 2.72. The molecule has 2 aromatic rings. The molecule has 2 N–H and O–H groups in total. The number of halogens is 1. The van der Waals surface area contributed by atoms with Crippen molar-refractivity contribution in [1.29, 1.82) is 0 Å². The fraction of sp³-hybridized carbons (Fsp3) is 0.300. The van der Waals surface area contributed by atoms with Crippen LogP contribution in [0.2, 0.25) is 5.02 Å². The van der Waals surface area contributed by atoms with Crippen molar-refractivity contribution in [3.8, 4) is 0 Å². The van der Waals surface area contributed by atoms with Gasteiger partial charge in [-0.05, 0) is 42.5 Å². The fourth-order valence-corrected chi connectivity index (χ4v) is 4.30. The lowest BCUT2D eigenvalue weighted by Crippen LogP contribution is -2.35. The van der Waals surface area contributed by atoms with Crippen LogP contribution in [0, 0.1) is 0 Å². The van der Waals surface area contributed by atoms with E-state index in [2.05, 4.69) is 10.6 Å². The second-order valence-corrected chi connectivity index (χ2v) is 8.51. The van der Waals surface area contributed by atoms with E-state index in [4.69, 9.17) is 11.6 Å². The van der Waals surface area contributed by atoms with Crippen LogP contribution in [0.15, 0.2) is 53.4 Å².